The summed E-state index contributed by atoms with van der Waals surface area (Å²) in [5.74, 6) is 0.296. The monoisotopic (exact) mass is 198 g/mol. The van der Waals surface area contributed by atoms with E-state index in [1.807, 2.05) is 6.92 Å². The lowest BCUT2D eigenvalue weighted by molar-refractivity contribution is -0.138. The zero-order valence-electron chi connectivity index (χ0n) is 9.13. The highest BCUT2D eigenvalue weighted by Crippen LogP contribution is 2.12. The quantitative estimate of drug-likeness (QED) is 0.284. The van der Waals surface area contributed by atoms with Gasteiger partial charge in [-0.05, 0) is 20.8 Å². The van der Waals surface area contributed by atoms with E-state index in [2.05, 4.69) is 6.58 Å². The molecule has 0 N–H and O–H groups in total. The Morgan fingerprint density at radius 3 is 2.29 bits per heavy atom. The van der Waals surface area contributed by atoms with E-state index in [0.717, 1.165) is 0 Å². The van der Waals surface area contributed by atoms with Crippen LogP contribution in [-0.2, 0) is 14.3 Å². The molecule has 3 nitrogen and oxygen atoms in total. The Bertz CT molecular complexity index is 229. The Kier molecular flexibility index (Phi) is 6.54. The van der Waals surface area contributed by atoms with Gasteiger partial charge in [0.05, 0.1) is 18.8 Å². The van der Waals surface area contributed by atoms with E-state index in [-0.39, 0.29) is 5.97 Å². The topological polar surface area (TPSA) is 35.5 Å². The third-order valence-corrected chi connectivity index (χ3v) is 1.66. The first-order chi connectivity index (χ1) is 6.67. The molecule has 0 unspecified atom stereocenters. The highest BCUT2D eigenvalue weighted by atomic mass is 16.5. The molecule has 80 valence electrons. The predicted octanol–water partition coefficient (Wildman–Crippen LogP) is 2.44. The van der Waals surface area contributed by atoms with Gasteiger partial charge in [-0.25, -0.2) is 4.79 Å². The standard InChI is InChI=1S/C11H18O3/c1-5-8-10(9(4)13-6-2)11(12)14-7-3/h5H,1,6-8H2,2-4H3/b10-9+. The van der Waals surface area contributed by atoms with Gasteiger partial charge in [-0.2, -0.15) is 0 Å². The third-order valence-electron chi connectivity index (χ3n) is 1.66. The van der Waals surface area contributed by atoms with Crippen LogP contribution in [0, 0.1) is 0 Å². The molecule has 0 spiro atoms. The molecular formula is C11H18O3. The van der Waals surface area contributed by atoms with Crippen LogP contribution in [0.25, 0.3) is 0 Å². The molecule has 0 atom stereocenters. The number of hydrogen-bond donors (Lipinski definition) is 0. The van der Waals surface area contributed by atoms with E-state index in [9.17, 15) is 4.79 Å². The molecule has 0 aromatic rings. The molecule has 0 aliphatic carbocycles. The highest BCUT2D eigenvalue weighted by molar-refractivity contribution is 5.89. The molecular weight excluding hydrogens is 180 g/mol. The summed E-state index contributed by atoms with van der Waals surface area (Å²) in [7, 11) is 0. The van der Waals surface area contributed by atoms with Crippen molar-refractivity contribution >= 4 is 5.97 Å². The molecule has 0 aromatic carbocycles. The number of esters is 1. The van der Waals surface area contributed by atoms with Gasteiger partial charge in [0.25, 0.3) is 0 Å². The number of carbonyl (C=O) groups is 1. The molecule has 0 aliphatic rings. The van der Waals surface area contributed by atoms with E-state index in [1.54, 1.807) is 19.9 Å². The van der Waals surface area contributed by atoms with Crippen LogP contribution in [0.2, 0.25) is 0 Å². The Labute approximate surface area is 85.4 Å². The zero-order chi connectivity index (χ0) is 11.0. The van der Waals surface area contributed by atoms with Crippen molar-refractivity contribution in [1.29, 1.82) is 0 Å². The van der Waals surface area contributed by atoms with Crippen LogP contribution in [0.4, 0.5) is 0 Å². The minimum absolute atomic E-state index is 0.321. The maximum absolute atomic E-state index is 11.4. The van der Waals surface area contributed by atoms with Crippen molar-refractivity contribution in [2.75, 3.05) is 13.2 Å². The molecule has 0 aliphatic heterocycles. The van der Waals surface area contributed by atoms with Gasteiger partial charge in [0.15, 0.2) is 0 Å². The fraction of sp³-hybridized carbons (Fsp3) is 0.545. The Morgan fingerprint density at radius 2 is 1.86 bits per heavy atom. The lowest BCUT2D eigenvalue weighted by atomic mass is 10.1. The first-order valence-corrected chi connectivity index (χ1v) is 4.77. The van der Waals surface area contributed by atoms with Gasteiger partial charge in [-0.15, -0.1) is 6.58 Å². The van der Waals surface area contributed by atoms with Gasteiger partial charge in [0, 0.05) is 6.42 Å². The van der Waals surface area contributed by atoms with Crippen LogP contribution in [0.5, 0.6) is 0 Å². The SMILES string of the molecule is C=CC/C(C(=O)OCC)=C(/C)OCC. The van der Waals surface area contributed by atoms with Crippen molar-refractivity contribution in [3.8, 4) is 0 Å². The fourth-order valence-electron chi connectivity index (χ4n) is 1.04. The van der Waals surface area contributed by atoms with E-state index in [1.165, 1.54) is 0 Å². The summed E-state index contributed by atoms with van der Waals surface area (Å²) >= 11 is 0. The highest BCUT2D eigenvalue weighted by Gasteiger charge is 2.13. The van der Waals surface area contributed by atoms with Gasteiger partial charge in [0.2, 0.25) is 0 Å². The predicted molar refractivity (Wildman–Crippen MR) is 55.8 cm³/mol. The first kappa shape index (κ1) is 12.8. The van der Waals surface area contributed by atoms with Crippen molar-refractivity contribution < 1.29 is 14.3 Å². The minimum atomic E-state index is -0.321. The van der Waals surface area contributed by atoms with Crippen LogP contribution in [-0.4, -0.2) is 19.2 Å². The maximum atomic E-state index is 11.4. The molecule has 0 aromatic heterocycles. The van der Waals surface area contributed by atoms with Gasteiger partial charge in [0.1, 0.15) is 5.76 Å². The summed E-state index contributed by atoms with van der Waals surface area (Å²) in [5.41, 5.74) is 0.545. The molecule has 0 saturated heterocycles. The van der Waals surface area contributed by atoms with Crippen molar-refractivity contribution in [2.24, 2.45) is 0 Å². The van der Waals surface area contributed by atoms with E-state index >= 15 is 0 Å². The Balaban J connectivity index is 4.63. The van der Waals surface area contributed by atoms with Gasteiger partial charge < -0.3 is 9.47 Å². The molecule has 0 rings (SSSR count). The molecule has 0 fully saturated rings. The zero-order valence-corrected chi connectivity index (χ0v) is 9.13. The molecule has 0 heterocycles. The van der Waals surface area contributed by atoms with E-state index in [4.69, 9.17) is 9.47 Å². The van der Waals surface area contributed by atoms with Crippen molar-refractivity contribution in [1.82, 2.24) is 0 Å². The second-order valence-electron chi connectivity index (χ2n) is 2.68. The van der Waals surface area contributed by atoms with Crippen molar-refractivity contribution in [3.63, 3.8) is 0 Å². The average molecular weight is 198 g/mol. The molecule has 0 radical (unpaired) electrons. The summed E-state index contributed by atoms with van der Waals surface area (Å²) in [6.07, 6.45) is 2.14. The number of allylic oxidation sites excluding steroid dienone is 2. The summed E-state index contributed by atoms with van der Waals surface area (Å²) < 4.78 is 10.2. The van der Waals surface area contributed by atoms with E-state index < -0.39 is 0 Å². The smallest absolute Gasteiger partial charge is 0.337 e. The Hall–Kier alpha value is -1.25. The van der Waals surface area contributed by atoms with Crippen molar-refractivity contribution in [3.05, 3.63) is 24.0 Å². The molecule has 0 amide bonds. The summed E-state index contributed by atoms with van der Waals surface area (Å²) in [6.45, 7) is 9.92. The van der Waals surface area contributed by atoms with Gasteiger partial charge >= 0.3 is 5.97 Å². The van der Waals surface area contributed by atoms with E-state index in [0.29, 0.717) is 31.0 Å². The number of hydrogen-bond acceptors (Lipinski definition) is 3. The summed E-state index contributed by atoms with van der Waals surface area (Å²) in [6, 6.07) is 0. The fourth-order valence-corrected chi connectivity index (χ4v) is 1.04. The maximum Gasteiger partial charge on any atom is 0.337 e. The lowest BCUT2D eigenvalue weighted by Gasteiger charge is -2.09. The van der Waals surface area contributed by atoms with Crippen LogP contribution in [0.1, 0.15) is 27.2 Å². The number of ether oxygens (including phenoxy) is 2. The van der Waals surface area contributed by atoms with Gasteiger partial charge in [-0.1, -0.05) is 6.08 Å². The molecule has 3 heteroatoms. The summed E-state index contributed by atoms with van der Waals surface area (Å²) in [4.78, 5) is 11.4. The van der Waals surface area contributed by atoms with Crippen LogP contribution in [0.15, 0.2) is 24.0 Å². The molecule has 0 bridgehead atoms. The molecule has 14 heavy (non-hydrogen) atoms. The van der Waals surface area contributed by atoms with Gasteiger partial charge in [-0.3, -0.25) is 0 Å². The first-order valence-electron chi connectivity index (χ1n) is 4.77. The summed E-state index contributed by atoms with van der Waals surface area (Å²) in [5, 5.41) is 0. The number of carbonyl (C=O) groups excluding carboxylic acids is 1. The second kappa shape index (κ2) is 7.18. The lowest BCUT2D eigenvalue weighted by Crippen LogP contribution is -2.10. The normalized spacial score (nSPS) is 11.6. The minimum Gasteiger partial charge on any atom is -0.498 e. The van der Waals surface area contributed by atoms with Crippen LogP contribution < -0.4 is 0 Å². The van der Waals surface area contributed by atoms with Crippen LogP contribution >= 0.6 is 0 Å². The number of rotatable bonds is 6. The average Bonchev–Trinajstić information content (AvgIpc) is 2.14. The Morgan fingerprint density at radius 1 is 1.29 bits per heavy atom. The largest absolute Gasteiger partial charge is 0.498 e. The van der Waals surface area contributed by atoms with Crippen LogP contribution in [0.3, 0.4) is 0 Å². The third kappa shape index (κ3) is 4.12. The molecule has 0 saturated carbocycles. The second-order valence-corrected chi connectivity index (χ2v) is 2.68. The van der Waals surface area contributed by atoms with Crippen molar-refractivity contribution in [2.45, 2.75) is 27.2 Å².